The smallest absolute Gasteiger partial charge is 0.182 e. The molecule has 0 aliphatic heterocycles. The molecule has 0 radical (unpaired) electrons. The van der Waals surface area contributed by atoms with Crippen molar-refractivity contribution in [3.8, 4) is 11.4 Å². The number of aliphatic hydroxyl groups is 1. The fraction of sp³-hybridized carbons (Fsp3) is 0.122. The lowest BCUT2D eigenvalue weighted by atomic mass is 9.84. The molecular formula is C41H35N3O2. The van der Waals surface area contributed by atoms with E-state index in [9.17, 15) is 9.90 Å². The molecule has 5 nitrogen and oxygen atoms in total. The summed E-state index contributed by atoms with van der Waals surface area (Å²) in [7, 11) is 0. The summed E-state index contributed by atoms with van der Waals surface area (Å²) < 4.78 is 0. The van der Waals surface area contributed by atoms with Crippen LogP contribution in [0, 0.1) is 0 Å². The van der Waals surface area contributed by atoms with E-state index in [0.29, 0.717) is 35.6 Å². The van der Waals surface area contributed by atoms with Gasteiger partial charge in [0.15, 0.2) is 11.6 Å². The summed E-state index contributed by atoms with van der Waals surface area (Å²) in [6.45, 7) is 0. The van der Waals surface area contributed by atoms with Gasteiger partial charge in [-0.15, -0.1) is 5.10 Å². The molecule has 46 heavy (non-hydrogen) atoms. The lowest BCUT2D eigenvalue weighted by Gasteiger charge is -2.26. The molecule has 0 aliphatic rings. The maximum Gasteiger partial charge on any atom is 0.182 e. The van der Waals surface area contributed by atoms with Crippen LogP contribution in [0.1, 0.15) is 50.8 Å². The Bertz CT molecular complexity index is 1880. The molecule has 6 rings (SSSR count). The predicted molar refractivity (Wildman–Crippen MR) is 183 cm³/mol. The molecule has 2 atom stereocenters. The number of hydrogen-bond acceptors (Lipinski definition) is 5. The SMILES string of the molecule is O=C(CC(Cc1nc(-c2ccccc2)nnc1CC(O)(/C=C/c1ccccc1)c1ccccc1)c1ccccc1)c1ccccc1. The van der Waals surface area contributed by atoms with Crippen molar-refractivity contribution in [2.24, 2.45) is 0 Å². The normalized spacial score (nSPS) is 13.2. The standard InChI is InChI=1S/C41H35N3O2/c45-39(33-20-10-3-11-21-33)29-35(32-18-8-2-9-19-32)28-37-38(43-44-40(42-37)34-22-12-4-13-23-34)30-41(46,36-24-14-5-15-25-36)27-26-31-16-6-1-7-17-31/h1-27,35,46H,28-30H2/b27-26+. The number of carbonyl (C=O) groups is 1. The number of benzene rings is 5. The number of ketones is 1. The Balaban J connectivity index is 1.42. The van der Waals surface area contributed by atoms with Crippen molar-refractivity contribution < 1.29 is 9.90 Å². The second kappa shape index (κ2) is 14.5. The molecule has 0 saturated heterocycles. The third-order valence-corrected chi connectivity index (χ3v) is 8.17. The zero-order valence-electron chi connectivity index (χ0n) is 25.5. The van der Waals surface area contributed by atoms with E-state index >= 15 is 0 Å². The minimum atomic E-state index is -1.39. The highest BCUT2D eigenvalue weighted by Crippen LogP contribution is 2.32. The number of aromatic nitrogens is 3. The van der Waals surface area contributed by atoms with Gasteiger partial charge in [0.1, 0.15) is 5.60 Å². The van der Waals surface area contributed by atoms with Gasteiger partial charge in [0, 0.05) is 24.0 Å². The molecule has 226 valence electrons. The quantitative estimate of drug-likeness (QED) is 0.143. The lowest BCUT2D eigenvalue weighted by molar-refractivity contribution is 0.0887. The van der Waals surface area contributed by atoms with Crippen LogP contribution in [-0.4, -0.2) is 26.1 Å². The van der Waals surface area contributed by atoms with E-state index in [1.54, 1.807) is 0 Å². The van der Waals surface area contributed by atoms with E-state index in [-0.39, 0.29) is 18.1 Å². The highest BCUT2D eigenvalue weighted by atomic mass is 16.3. The Labute approximate surface area is 270 Å². The Morgan fingerprint density at radius 3 is 1.89 bits per heavy atom. The van der Waals surface area contributed by atoms with Crippen LogP contribution >= 0.6 is 0 Å². The number of nitrogens with zero attached hydrogens (tertiary/aromatic N) is 3. The van der Waals surface area contributed by atoms with Crippen molar-refractivity contribution in [3.05, 3.63) is 191 Å². The largest absolute Gasteiger partial charge is 0.381 e. The molecule has 1 aromatic heterocycles. The van der Waals surface area contributed by atoms with Crippen molar-refractivity contribution >= 4 is 11.9 Å². The monoisotopic (exact) mass is 601 g/mol. The first kappa shape index (κ1) is 30.5. The molecule has 1 N–H and O–H groups in total. The summed E-state index contributed by atoms with van der Waals surface area (Å²) in [5.41, 5.74) is 4.17. The van der Waals surface area contributed by atoms with Crippen molar-refractivity contribution in [1.82, 2.24) is 15.2 Å². The highest BCUT2D eigenvalue weighted by molar-refractivity contribution is 5.96. The molecule has 0 spiro atoms. The maximum atomic E-state index is 13.5. The second-order valence-corrected chi connectivity index (χ2v) is 11.4. The Morgan fingerprint density at radius 2 is 1.24 bits per heavy atom. The van der Waals surface area contributed by atoms with Gasteiger partial charge in [0.05, 0.1) is 11.4 Å². The van der Waals surface area contributed by atoms with Gasteiger partial charge in [-0.25, -0.2) is 4.98 Å². The Morgan fingerprint density at radius 1 is 0.674 bits per heavy atom. The fourth-order valence-electron chi connectivity index (χ4n) is 5.66. The maximum absolute atomic E-state index is 13.5. The molecule has 0 amide bonds. The van der Waals surface area contributed by atoms with Crippen LogP contribution in [0.15, 0.2) is 158 Å². The van der Waals surface area contributed by atoms with Crippen LogP contribution in [0.5, 0.6) is 0 Å². The number of hydrogen-bond donors (Lipinski definition) is 1. The van der Waals surface area contributed by atoms with E-state index < -0.39 is 5.60 Å². The number of rotatable bonds is 12. The number of Topliss-reactive ketones (excluding diaryl/α,β-unsaturated/α-hetero) is 1. The van der Waals surface area contributed by atoms with E-state index in [2.05, 4.69) is 17.2 Å². The van der Waals surface area contributed by atoms with Crippen molar-refractivity contribution in [2.75, 3.05) is 0 Å². The van der Waals surface area contributed by atoms with E-state index in [0.717, 1.165) is 22.3 Å². The van der Waals surface area contributed by atoms with Crippen molar-refractivity contribution in [2.45, 2.75) is 30.8 Å². The second-order valence-electron chi connectivity index (χ2n) is 11.4. The van der Waals surface area contributed by atoms with E-state index in [1.807, 2.05) is 152 Å². The Kier molecular flexibility index (Phi) is 9.62. The first-order valence-corrected chi connectivity index (χ1v) is 15.5. The van der Waals surface area contributed by atoms with Crippen LogP contribution in [0.25, 0.3) is 17.5 Å². The van der Waals surface area contributed by atoms with Gasteiger partial charge in [-0.1, -0.05) is 158 Å². The summed E-state index contributed by atoms with van der Waals surface area (Å²) in [5, 5.41) is 21.6. The summed E-state index contributed by atoms with van der Waals surface area (Å²) >= 11 is 0. The number of carbonyl (C=O) groups excluding carboxylic acids is 1. The summed E-state index contributed by atoms with van der Waals surface area (Å²) in [6.07, 6.45) is 4.65. The van der Waals surface area contributed by atoms with Gasteiger partial charge in [-0.2, -0.15) is 5.10 Å². The van der Waals surface area contributed by atoms with E-state index in [4.69, 9.17) is 10.1 Å². The van der Waals surface area contributed by atoms with Crippen LogP contribution in [0.2, 0.25) is 0 Å². The minimum absolute atomic E-state index is 0.0629. The first-order chi connectivity index (χ1) is 22.6. The van der Waals surface area contributed by atoms with Gasteiger partial charge in [-0.05, 0) is 35.1 Å². The fourth-order valence-corrected chi connectivity index (χ4v) is 5.66. The zero-order valence-corrected chi connectivity index (χ0v) is 25.5. The molecule has 2 unspecified atom stereocenters. The summed E-state index contributed by atoms with van der Waals surface area (Å²) in [6, 6.07) is 48.7. The lowest BCUT2D eigenvalue weighted by Crippen LogP contribution is -2.28. The first-order valence-electron chi connectivity index (χ1n) is 15.5. The summed E-state index contributed by atoms with van der Waals surface area (Å²) in [5.74, 6) is 0.397. The van der Waals surface area contributed by atoms with Gasteiger partial charge >= 0.3 is 0 Å². The predicted octanol–water partition coefficient (Wildman–Crippen LogP) is 8.28. The minimum Gasteiger partial charge on any atom is -0.381 e. The van der Waals surface area contributed by atoms with Gasteiger partial charge in [0.25, 0.3) is 0 Å². The highest BCUT2D eigenvalue weighted by Gasteiger charge is 2.30. The van der Waals surface area contributed by atoms with Crippen LogP contribution in [-0.2, 0) is 18.4 Å². The van der Waals surface area contributed by atoms with Crippen LogP contribution in [0.4, 0.5) is 0 Å². The molecule has 0 bridgehead atoms. The average molecular weight is 602 g/mol. The van der Waals surface area contributed by atoms with Gasteiger partial charge in [-0.3, -0.25) is 4.79 Å². The summed E-state index contributed by atoms with van der Waals surface area (Å²) in [4.78, 5) is 18.6. The molecule has 0 fully saturated rings. The molecule has 6 aromatic rings. The molecule has 5 heteroatoms. The van der Waals surface area contributed by atoms with Gasteiger partial charge in [0.2, 0.25) is 0 Å². The molecule has 5 aromatic carbocycles. The molecule has 0 aliphatic carbocycles. The molecule has 1 heterocycles. The third kappa shape index (κ3) is 7.57. The topological polar surface area (TPSA) is 76.0 Å². The zero-order chi connectivity index (χ0) is 31.6. The Hall–Kier alpha value is -5.52. The van der Waals surface area contributed by atoms with Crippen LogP contribution in [0.3, 0.4) is 0 Å². The molecule has 0 saturated carbocycles. The average Bonchev–Trinajstić information content (AvgIpc) is 3.13. The van der Waals surface area contributed by atoms with Crippen molar-refractivity contribution in [3.63, 3.8) is 0 Å². The van der Waals surface area contributed by atoms with E-state index in [1.165, 1.54) is 0 Å². The third-order valence-electron chi connectivity index (χ3n) is 8.17. The van der Waals surface area contributed by atoms with Crippen molar-refractivity contribution in [1.29, 1.82) is 0 Å². The van der Waals surface area contributed by atoms with Gasteiger partial charge < -0.3 is 5.11 Å². The van der Waals surface area contributed by atoms with Crippen LogP contribution < -0.4 is 0 Å². The molecular weight excluding hydrogens is 566 g/mol.